The molecule has 0 fully saturated rings. The van der Waals surface area contributed by atoms with Gasteiger partial charge in [-0.25, -0.2) is 4.57 Å². The summed E-state index contributed by atoms with van der Waals surface area (Å²) in [5, 5.41) is 6.72. The van der Waals surface area contributed by atoms with Crippen molar-refractivity contribution < 1.29 is 17.7 Å². The van der Waals surface area contributed by atoms with Gasteiger partial charge < -0.3 is 4.40 Å². The number of aryl methyl sites for hydroxylation is 2. The second-order valence-electron chi connectivity index (χ2n) is 8.90. The first-order valence-corrected chi connectivity index (χ1v) is 10.8. The van der Waals surface area contributed by atoms with Crippen LogP contribution >= 0.6 is 0 Å². The Bertz CT molecular complexity index is 1930. The fraction of sp³-hybridized carbons (Fsp3) is 0.107. The number of para-hydroxylation sites is 1. The lowest BCUT2D eigenvalue weighted by atomic mass is 9.95. The van der Waals surface area contributed by atoms with Crippen molar-refractivity contribution in [1.82, 2.24) is 4.40 Å². The fourth-order valence-electron chi connectivity index (χ4n) is 5.63. The van der Waals surface area contributed by atoms with Gasteiger partial charge in [-0.2, -0.15) is 13.2 Å². The van der Waals surface area contributed by atoms with E-state index in [4.69, 9.17) is 0 Å². The summed E-state index contributed by atoms with van der Waals surface area (Å²) in [4.78, 5) is 0. The Balaban J connectivity index is 1.87. The molecule has 33 heavy (non-hydrogen) atoms. The zero-order valence-electron chi connectivity index (χ0n) is 18.0. The highest BCUT2D eigenvalue weighted by molar-refractivity contribution is 6.29. The molecule has 7 rings (SSSR count). The summed E-state index contributed by atoms with van der Waals surface area (Å²) >= 11 is 0. The quantitative estimate of drug-likeness (QED) is 0.133. The van der Waals surface area contributed by atoms with Gasteiger partial charge in [0.15, 0.2) is 6.20 Å². The number of hydrogen-bond donors (Lipinski definition) is 0. The summed E-state index contributed by atoms with van der Waals surface area (Å²) in [7, 11) is 2.01. The maximum Gasteiger partial charge on any atom is 0.416 e. The van der Waals surface area contributed by atoms with E-state index in [1.807, 2.05) is 37.5 Å². The van der Waals surface area contributed by atoms with Gasteiger partial charge in [0, 0.05) is 22.2 Å². The molecule has 0 atom stereocenters. The summed E-state index contributed by atoms with van der Waals surface area (Å²) < 4.78 is 45.0. The van der Waals surface area contributed by atoms with E-state index >= 15 is 0 Å². The van der Waals surface area contributed by atoms with Crippen LogP contribution in [0.1, 0.15) is 11.1 Å². The summed E-state index contributed by atoms with van der Waals surface area (Å²) in [6.07, 6.45) is -2.43. The Morgan fingerprint density at radius 3 is 2.39 bits per heavy atom. The van der Waals surface area contributed by atoms with E-state index in [0.29, 0.717) is 5.39 Å². The molecule has 0 aliphatic rings. The number of alkyl halides is 3. The zero-order valence-corrected chi connectivity index (χ0v) is 18.0. The molecule has 0 bridgehead atoms. The van der Waals surface area contributed by atoms with E-state index in [1.54, 1.807) is 6.07 Å². The SMILES string of the molecule is Cc1ccc2c3ccccc3n3c4cc5ccc(C(F)(F)F)cc5c5cc[n+](C)c(c1c23)c54. The molecular formula is C28H18F3N2+. The lowest BCUT2D eigenvalue weighted by Gasteiger charge is -2.15. The van der Waals surface area contributed by atoms with Crippen molar-refractivity contribution in [1.29, 1.82) is 0 Å². The average molecular weight is 439 g/mol. The summed E-state index contributed by atoms with van der Waals surface area (Å²) in [6, 6.07) is 20.7. The highest BCUT2D eigenvalue weighted by Gasteiger charge is 2.31. The number of hydrogen-bond acceptors (Lipinski definition) is 0. The second kappa shape index (κ2) is 5.93. The average Bonchev–Trinajstić information content (AvgIpc) is 3.13. The van der Waals surface area contributed by atoms with Crippen LogP contribution in [0.15, 0.2) is 72.9 Å². The van der Waals surface area contributed by atoms with Crippen molar-refractivity contribution in [3.05, 3.63) is 84.1 Å². The van der Waals surface area contributed by atoms with E-state index < -0.39 is 11.7 Å². The van der Waals surface area contributed by atoms with Crippen LogP contribution in [0.3, 0.4) is 0 Å². The topological polar surface area (TPSA) is 8.29 Å². The number of nitrogens with zero attached hydrogens (tertiary/aromatic N) is 2. The normalized spacial score (nSPS) is 13.0. The maximum atomic E-state index is 13.5. The molecule has 3 heterocycles. The Hall–Kier alpha value is -3.86. The molecular weight excluding hydrogens is 421 g/mol. The lowest BCUT2D eigenvalue weighted by molar-refractivity contribution is -0.643. The molecule has 0 saturated carbocycles. The molecule has 0 saturated heterocycles. The molecule has 2 nitrogen and oxygen atoms in total. The zero-order chi connectivity index (χ0) is 22.6. The standard InChI is InChI=1S/C28H18F3N2/c1-15-7-10-20-18-5-3-4-6-22(18)33-23-13-16-8-9-17(28(29,30)31)14-21(16)19-11-12-32(2)27(25(19)23)24(15)26(20)33/h3-14H,1-2H3/q+1. The molecule has 0 aliphatic heterocycles. The van der Waals surface area contributed by atoms with Crippen LogP contribution < -0.4 is 4.57 Å². The second-order valence-corrected chi connectivity index (χ2v) is 8.90. The molecule has 0 N–H and O–H groups in total. The van der Waals surface area contributed by atoms with Crippen LogP contribution in [0.5, 0.6) is 0 Å². The van der Waals surface area contributed by atoms with Crippen LogP contribution in [-0.4, -0.2) is 4.40 Å². The molecule has 0 unspecified atom stereocenters. The van der Waals surface area contributed by atoms with Crippen LogP contribution in [0.25, 0.3) is 59.8 Å². The first kappa shape index (κ1) is 18.7. The summed E-state index contributed by atoms with van der Waals surface area (Å²) in [5.41, 5.74) is 4.82. The van der Waals surface area contributed by atoms with E-state index in [2.05, 4.69) is 40.2 Å². The van der Waals surface area contributed by atoms with Crippen LogP contribution in [0.4, 0.5) is 13.2 Å². The van der Waals surface area contributed by atoms with E-state index in [1.165, 1.54) is 22.9 Å². The third-order valence-electron chi connectivity index (χ3n) is 7.07. The summed E-state index contributed by atoms with van der Waals surface area (Å²) in [6.45, 7) is 2.10. The Morgan fingerprint density at radius 2 is 1.58 bits per heavy atom. The molecule has 7 aromatic rings. The largest absolute Gasteiger partial charge is 0.416 e. The van der Waals surface area contributed by atoms with E-state index in [0.717, 1.165) is 49.2 Å². The number of fused-ring (bicyclic) bond motifs is 7. The molecule has 0 aliphatic carbocycles. The van der Waals surface area contributed by atoms with Crippen molar-refractivity contribution >= 4 is 59.8 Å². The molecule has 3 aromatic heterocycles. The third-order valence-corrected chi connectivity index (χ3v) is 7.07. The highest BCUT2D eigenvalue weighted by atomic mass is 19.4. The monoisotopic (exact) mass is 439 g/mol. The van der Waals surface area contributed by atoms with Gasteiger partial charge in [0.25, 0.3) is 0 Å². The van der Waals surface area contributed by atoms with Crippen molar-refractivity contribution in [3.8, 4) is 0 Å². The molecule has 0 amide bonds. The van der Waals surface area contributed by atoms with E-state index in [9.17, 15) is 13.2 Å². The van der Waals surface area contributed by atoms with Crippen molar-refractivity contribution in [3.63, 3.8) is 0 Å². The smallest absolute Gasteiger partial charge is 0.307 e. The minimum atomic E-state index is -4.38. The van der Waals surface area contributed by atoms with Gasteiger partial charge in [-0.3, -0.25) is 0 Å². The van der Waals surface area contributed by atoms with Crippen molar-refractivity contribution in [2.75, 3.05) is 0 Å². The predicted molar refractivity (Wildman–Crippen MR) is 127 cm³/mol. The minimum Gasteiger partial charge on any atom is -0.307 e. The number of pyridine rings is 2. The first-order chi connectivity index (χ1) is 15.8. The van der Waals surface area contributed by atoms with Crippen LogP contribution in [0, 0.1) is 6.92 Å². The van der Waals surface area contributed by atoms with Crippen molar-refractivity contribution in [2.24, 2.45) is 7.05 Å². The molecule has 5 heteroatoms. The fourth-order valence-corrected chi connectivity index (χ4v) is 5.63. The molecule has 0 radical (unpaired) electrons. The predicted octanol–water partition coefficient (Wildman–Crippen LogP) is 7.29. The maximum absolute atomic E-state index is 13.5. The molecule has 0 spiro atoms. The molecule has 4 aromatic carbocycles. The minimum absolute atomic E-state index is 0.621. The van der Waals surface area contributed by atoms with Crippen molar-refractivity contribution in [2.45, 2.75) is 13.1 Å². The van der Waals surface area contributed by atoms with Gasteiger partial charge >= 0.3 is 6.18 Å². The van der Waals surface area contributed by atoms with Gasteiger partial charge in [-0.05, 0) is 47.5 Å². The Labute approximate surface area is 186 Å². The van der Waals surface area contributed by atoms with Gasteiger partial charge in [-0.15, -0.1) is 0 Å². The van der Waals surface area contributed by atoms with Gasteiger partial charge in [0.1, 0.15) is 7.05 Å². The highest BCUT2D eigenvalue weighted by Crippen LogP contribution is 2.43. The Morgan fingerprint density at radius 1 is 0.758 bits per heavy atom. The van der Waals surface area contributed by atoms with Crippen LogP contribution in [0.2, 0.25) is 0 Å². The Kier molecular flexibility index (Phi) is 3.36. The van der Waals surface area contributed by atoms with Gasteiger partial charge in [-0.1, -0.05) is 36.4 Å². The molecule has 160 valence electrons. The lowest BCUT2D eigenvalue weighted by Crippen LogP contribution is -2.29. The van der Waals surface area contributed by atoms with Crippen LogP contribution in [-0.2, 0) is 13.2 Å². The van der Waals surface area contributed by atoms with Gasteiger partial charge in [0.05, 0.1) is 32.9 Å². The number of aromatic nitrogens is 2. The van der Waals surface area contributed by atoms with E-state index in [-0.39, 0.29) is 0 Å². The number of halogens is 3. The van der Waals surface area contributed by atoms with Gasteiger partial charge in [0.2, 0.25) is 5.52 Å². The third kappa shape index (κ3) is 2.26. The number of rotatable bonds is 0. The summed E-state index contributed by atoms with van der Waals surface area (Å²) in [5.74, 6) is 0. The first-order valence-electron chi connectivity index (χ1n) is 10.8. The number of benzene rings is 4.